The molecule has 0 aromatic heterocycles. The summed E-state index contributed by atoms with van der Waals surface area (Å²) in [6.07, 6.45) is 1.38. The molecule has 0 fully saturated rings. The number of para-hydroxylation sites is 1. The SMILES string of the molecule is Nc1ccc(N2N=C(C(=O)NN3CCc4ccccc43)CC2c2ccc(I)cc2)c(Cl)c1. The summed E-state index contributed by atoms with van der Waals surface area (Å²) in [6, 6.07) is 21.6. The Bertz CT molecular complexity index is 1210. The molecule has 1 amide bonds. The van der Waals surface area contributed by atoms with Crippen LogP contribution in [0.3, 0.4) is 0 Å². The number of hydrogen-bond donors (Lipinski definition) is 2. The minimum absolute atomic E-state index is 0.139. The van der Waals surface area contributed by atoms with E-state index in [1.54, 1.807) is 12.1 Å². The quantitative estimate of drug-likeness (QED) is 0.353. The van der Waals surface area contributed by atoms with Gasteiger partial charge in [0.2, 0.25) is 0 Å². The molecule has 0 saturated carbocycles. The molecule has 1 unspecified atom stereocenters. The Balaban J connectivity index is 1.44. The summed E-state index contributed by atoms with van der Waals surface area (Å²) < 4.78 is 1.15. The molecule has 6 nitrogen and oxygen atoms in total. The number of fused-ring (bicyclic) bond motifs is 1. The van der Waals surface area contributed by atoms with Gasteiger partial charge in [0.1, 0.15) is 5.71 Å². The highest BCUT2D eigenvalue weighted by Crippen LogP contribution is 2.39. The fourth-order valence-corrected chi connectivity index (χ4v) is 4.80. The van der Waals surface area contributed by atoms with Gasteiger partial charge in [0.15, 0.2) is 0 Å². The minimum Gasteiger partial charge on any atom is -0.399 e. The Hall–Kier alpha value is -2.78. The molecule has 0 bridgehead atoms. The summed E-state index contributed by atoms with van der Waals surface area (Å²) in [7, 11) is 0. The van der Waals surface area contributed by atoms with E-state index in [2.05, 4.69) is 58.3 Å². The third-order valence-corrected chi connectivity index (χ3v) is 6.79. The zero-order valence-electron chi connectivity index (χ0n) is 17.1. The maximum absolute atomic E-state index is 13.2. The Morgan fingerprint density at radius 2 is 1.88 bits per heavy atom. The van der Waals surface area contributed by atoms with Crippen LogP contribution in [-0.2, 0) is 11.2 Å². The molecule has 3 aromatic carbocycles. The lowest BCUT2D eigenvalue weighted by Gasteiger charge is -2.25. The van der Waals surface area contributed by atoms with Crippen LogP contribution < -0.4 is 21.2 Å². The van der Waals surface area contributed by atoms with E-state index in [-0.39, 0.29) is 11.9 Å². The van der Waals surface area contributed by atoms with Gasteiger partial charge in [-0.2, -0.15) is 5.10 Å². The number of hydrogen-bond acceptors (Lipinski definition) is 5. The number of nitrogen functional groups attached to an aromatic ring is 1. The first-order chi connectivity index (χ1) is 15.5. The highest BCUT2D eigenvalue weighted by molar-refractivity contribution is 14.1. The second-order valence-electron chi connectivity index (χ2n) is 7.84. The van der Waals surface area contributed by atoms with Crippen molar-refractivity contribution in [2.24, 2.45) is 5.10 Å². The van der Waals surface area contributed by atoms with Gasteiger partial charge in [-0.15, -0.1) is 0 Å². The molecule has 3 aromatic rings. The van der Waals surface area contributed by atoms with Gasteiger partial charge in [-0.05, 0) is 76.5 Å². The predicted molar refractivity (Wildman–Crippen MR) is 138 cm³/mol. The van der Waals surface area contributed by atoms with Crippen LogP contribution in [0.2, 0.25) is 5.02 Å². The van der Waals surface area contributed by atoms with Crippen molar-refractivity contribution in [1.29, 1.82) is 0 Å². The number of nitrogens with zero attached hydrogens (tertiary/aromatic N) is 3. The highest BCUT2D eigenvalue weighted by atomic mass is 127. The number of carbonyl (C=O) groups is 1. The van der Waals surface area contributed by atoms with Crippen molar-refractivity contribution in [3.05, 3.63) is 86.4 Å². The van der Waals surface area contributed by atoms with E-state index in [4.69, 9.17) is 22.4 Å². The zero-order chi connectivity index (χ0) is 22.2. The number of nitrogens with two attached hydrogens (primary N) is 1. The number of amides is 1. The van der Waals surface area contributed by atoms with Gasteiger partial charge in [-0.25, -0.2) is 0 Å². The summed E-state index contributed by atoms with van der Waals surface area (Å²) in [5, 5.41) is 8.94. The summed E-state index contributed by atoms with van der Waals surface area (Å²) in [4.78, 5) is 13.2. The lowest BCUT2D eigenvalue weighted by molar-refractivity contribution is -0.115. The van der Waals surface area contributed by atoms with Gasteiger partial charge in [0.05, 0.1) is 22.4 Å². The van der Waals surface area contributed by atoms with E-state index in [1.165, 1.54) is 5.56 Å². The maximum atomic E-state index is 13.2. The Labute approximate surface area is 205 Å². The average molecular weight is 558 g/mol. The number of hydrazine groups is 1. The van der Waals surface area contributed by atoms with Gasteiger partial charge in [0, 0.05) is 22.2 Å². The molecule has 2 heterocycles. The highest BCUT2D eigenvalue weighted by Gasteiger charge is 2.34. The molecule has 0 radical (unpaired) electrons. The van der Waals surface area contributed by atoms with E-state index in [0.29, 0.717) is 22.8 Å². The number of anilines is 3. The molecule has 162 valence electrons. The summed E-state index contributed by atoms with van der Waals surface area (Å²) in [6.45, 7) is 0.742. The zero-order valence-corrected chi connectivity index (χ0v) is 20.0. The van der Waals surface area contributed by atoms with Crippen molar-refractivity contribution in [2.75, 3.05) is 22.3 Å². The van der Waals surface area contributed by atoms with Crippen molar-refractivity contribution in [1.82, 2.24) is 5.43 Å². The van der Waals surface area contributed by atoms with Crippen LogP contribution in [0.1, 0.15) is 23.6 Å². The maximum Gasteiger partial charge on any atom is 0.286 e. The second kappa shape index (κ2) is 8.63. The number of benzene rings is 3. The largest absolute Gasteiger partial charge is 0.399 e. The fourth-order valence-electron chi connectivity index (χ4n) is 4.16. The molecule has 2 aliphatic heterocycles. The average Bonchev–Trinajstić information content (AvgIpc) is 3.39. The molecule has 0 aliphatic carbocycles. The van der Waals surface area contributed by atoms with Gasteiger partial charge in [-0.3, -0.25) is 20.2 Å². The molecule has 0 spiro atoms. The number of carbonyl (C=O) groups excluding carboxylic acids is 1. The third-order valence-electron chi connectivity index (χ3n) is 5.77. The van der Waals surface area contributed by atoms with Crippen molar-refractivity contribution < 1.29 is 4.79 Å². The normalized spacial score (nSPS) is 17.3. The Morgan fingerprint density at radius 1 is 1.09 bits per heavy atom. The molecule has 0 saturated heterocycles. The lowest BCUT2D eigenvalue weighted by atomic mass is 10.0. The topological polar surface area (TPSA) is 74.0 Å². The van der Waals surface area contributed by atoms with E-state index in [9.17, 15) is 4.79 Å². The Kier molecular flexibility index (Phi) is 5.69. The summed E-state index contributed by atoms with van der Waals surface area (Å²) >= 11 is 8.79. The predicted octanol–water partition coefficient (Wildman–Crippen LogP) is 4.93. The fraction of sp³-hybridized carbons (Fsp3) is 0.167. The molecule has 5 rings (SSSR count). The van der Waals surface area contributed by atoms with E-state index < -0.39 is 0 Å². The van der Waals surface area contributed by atoms with Crippen LogP contribution in [-0.4, -0.2) is 18.2 Å². The number of rotatable bonds is 4. The van der Waals surface area contributed by atoms with Crippen molar-refractivity contribution in [3.63, 3.8) is 0 Å². The van der Waals surface area contributed by atoms with Crippen molar-refractivity contribution >= 4 is 62.9 Å². The standard InChI is InChI=1S/C24H21ClIN5O/c25-19-13-18(27)9-10-22(19)31-23(16-5-7-17(26)8-6-16)14-20(28-31)24(32)29-30-12-11-15-3-1-2-4-21(15)30/h1-10,13,23H,11-12,14,27H2,(H,29,32). The smallest absolute Gasteiger partial charge is 0.286 e. The van der Waals surface area contributed by atoms with Crippen molar-refractivity contribution in [2.45, 2.75) is 18.9 Å². The molecule has 32 heavy (non-hydrogen) atoms. The van der Waals surface area contributed by atoms with Crippen LogP contribution in [0.5, 0.6) is 0 Å². The van der Waals surface area contributed by atoms with Crippen LogP contribution in [0, 0.1) is 3.57 Å². The van der Waals surface area contributed by atoms with E-state index in [1.807, 2.05) is 34.3 Å². The van der Waals surface area contributed by atoms with Crippen LogP contribution >= 0.6 is 34.2 Å². The Morgan fingerprint density at radius 3 is 2.66 bits per heavy atom. The second-order valence-corrected chi connectivity index (χ2v) is 9.50. The van der Waals surface area contributed by atoms with Gasteiger partial charge < -0.3 is 5.73 Å². The monoisotopic (exact) mass is 557 g/mol. The molecular weight excluding hydrogens is 537 g/mol. The molecule has 2 aliphatic rings. The van der Waals surface area contributed by atoms with Gasteiger partial charge >= 0.3 is 0 Å². The number of nitrogens with one attached hydrogen (secondary N) is 1. The molecule has 8 heteroatoms. The van der Waals surface area contributed by atoms with Crippen molar-refractivity contribution in [3.8, 4) is 0 Å². The van der Waals surface area contributed by atoms with Gasteiger partial charge in [-0.1, -0.05) is 41.9 Å². The van der Waals surface area contributed by atoms with Gasteiger partial charge in [0.25, 0.3) is 5.91 Å². The summed E-state index contributed by atoms with van der Waals surface area (Å²) in [5.41, 5.74) is 14.0. The van der Waals surface area contributed by atoms with Crippen LogP contribution in [0.4, 0.5) is 17.1 Å². The number of halogens is 2. The number of hydrazone groups is 1. The molecule has 1 atom stereocenters. The molecular formula is C24H21ClIN5O. The first kappa shape index (κ1) is 21.1. The first-order valence-electron chi connectivity index (χ1n) is 10.3. The van der Waals surface area contributed by atoms with E-state index in [0.717, 1.165) is 33.5 Å². The third kappa shape index (κ3) is 4.02. The van der Waals surface area contributed by atoms with Crippen LogP contribution in [0.15, 0.2) is 71.8 Å². The lowest BCUT2D eigenvalue weighted by Crippen LogP contribution is -2.44. The minimum atomic E-state index is -0.203. The summed E-state index contributed by atoms with van der Waals surface area (Å²) in [5.74, 6) is -0.203. The van der Waals surface area contributed by atoms with E-state index >= 15 is 0 Å². The van der Waals surface area contributed by atoms with Crippen LogP contribution in [0.25, 0.3) is 0 Å². The molecule has 3 N–H and O–H groups in total. The first-order valence-corrected chi connectivity index (χ1v) is 11.8.